The maximum absolute atomic E-state index is 14.4. The van der Waals surface area contributed by atoms with Gasteiger partial charge in [-0.05, 0) is 37.3 Å². The van der Waals surface area contributed by atoms with Crippen molar-refractivity contribution in [2.24, 2.45) is 5.73 Å². The molecule has 1 amide bonds. The fourth-order valence-corrected chi connectivity index (χ4v) is 3.52. The van der Waals surface area contributed by atoms with Crippen LogP contribution in [0.5, 0.6) is 0 Å². The molecule has 4 N–H and O–H groups in total. The smallest absolute Gasteiger partial charge is 0.274 e. The van der Waals surface area contributed by atoms with E-state index in [1.54, 1.807) is 66.4 Å². The third kappa shape index (κ3) is 4.26. The first-order chi connectivity index (χ1) is 14.9. The van der Waals surface area contributed by atoms with E-state index in [0.29, 0.717) is 47.2 Å². The highest BCUT2D eigenvalue weighted by molar-refractivity contribution is 6.05. The number of halogens is 1. The first-order valence-electron chi connectivity index (χ1n) is 9.84. The Morgan fingerprint density at radius 1 is 1.26 bits per heavy atom. The van der Waals surface area contributed by atoms with Crippen LogP contribution in [0, 0.1) is 12.3 Å². The summed E-state index contributed by atoms with van der Waals surface area (Å²) in [5.74, 6) is -0.457. The molecule has 9 heteroatoms. The number of amides is 1. The van der Waals surface area contributed by atoms with Crippen molar-refractivity contribution >= 4 is 23.1 Å². The molecule has 1 fully saturated rings. The minimum Gasteiger partial charge on any atom is -0.384 e. The maximum Gasteiger partial charge on any atom is 0.274 e. The van der Waals surface area contributed by atoms with Gasteiger partial charge in [-0.3, -0.25) is 10.2 Å². The second kappa shape index (κ2) is 8.57. The number of carbonyl (C=O) groups excluding carboxylic acids is 1. The Morgan fingerprint density at radius 3 is 2.84 bits per heavy atom. The highest BCUT2D eigenvalue weighted by atomic mass is 19.1. The molecule has 1 aliphatic rings. The summed E-state index contributed by atoms with van der Waals surface area (Å²) in [6.45, 7) is 2.59. The molecule has 2 aromatic carbocycles. The third-order valence-electron chi connectivity index (χ3n) is 5.00. The van der Waals surface area contributed by atoms with Gasteiger partial charge in [0.2, 0.25) is 0 Å². The molecular formula is C22H23FN6O2. The topological polar surface area (TPSA) is 109 Å². The number of aromatic nitrogens is 2. The van der Waals surface area contributed by atoms with E-state index in [-0.39, 0.29) is 18.3 Å². The van der Waals surface area contributed by atoms with Gasteiger partial charge in [-0.25, -0.2) is 9.07 Å². The predicted molar refractivity (Wildman–Crippen MR) is 117 cm³/mol. The van der Waals surface area contributed by atoms with Crippen LogP contribution in [0.15, 0.2) is 54.6 Å². The van der Waals surface area contributed by atoms with Crippen molar-refractivity contribution in [2.45, 2.75) is 13.2 Å². The molecule has 0 spiro atoms. The van der Waals surface area contributed by atoms with Gasteiger partial charge in [-0.1, -0.05) is 24.3 Å². The zero-order valence-corrected chi connectivity index (χ0v) is 17.0. The number of nitrogens with one attached hydrogen (secondary N) is 2. The quantitative estimate of drug-likeness (QED) is 0.333. The number of nitrogens with zero attached hydrogens (tertiary/aromatic N) is 3. The van der Waals surface area contributed by atoms with Crippen molar-refractivity contribution in [1.82, 2.24) is 9.78 Å². The molecule has 2 heterocycles. The molecular weight excluding hydrogens is 399 g/mol. The summed E-state index contributed by atoms with van der Waals surface area (Å²) < 4.78 is 21.1. The molecule has 1 atom stereocenters. The van der Waals surface area contributed by atoms with Gasteiger partial charge < -0.3 is 20.7 Å². The van der Waals surface area contributed by atoms with Crippen LogP contribution in [0.3, 0.4) is 0 Å². The van der Waals surface area contributed by atoms with Crippen molar-refractivity contribution in [1.29, 1.82) is 5.41 Å². The van der Waals surface area contributed by atoms with Gasteiger partial charge in [0.25, 0.3) is 5.91 Å². The number of para-hydroxylation sites is 2. The average molecular weight is 422 g/mol. The number of ether oxygens (including phenoxy) is 1. The first-order valence-corrected chi connectivity index (χ1v) is 9.84. The molecule has 1 aliphatic heterocycles. The van der Waals surface area contributed by atoms with Crippen LogP contribution in [0.25, 0.3) is 5.69 Å². The second-order valence-electron chi connectivity index (χ2n) is 7.22. The Balaban J connectivity index is 1.66. The van der Waals surface area contributed by atoms with E-state index in [2.05, 4.69) is 10.4 Å². The number of hydrogen-bond acceptors (Lipinski definition) is 5. The number of benzene rings is 2. The van der Waals surface area contributed by atoms with Crippen molar-refractivity contribution < 1.29 is 13.9 Å². The van der Waals surface area contributed by atoms with Crippen LogP contribution in [0.1, 0.15) is 21.7 Å². The molecule has 0 aliphatic carbocycles. The van der Waals surface area contributed by atoms with Crippen LogP contribution in [0.2, 0.25) is 0 Å². The third-order valence-corrected chi connectivity index (χ3v) is 5.00. The number of nitrogen functional groups attached to an aromatic ring is 1. The number of morpholine rings is 1. The lowest BCUT2D eigenvalue weighted by molar-refractivity contribution is 0.0497. The molecule has 3 aromatic rings. The lowest BCUT2D eigenvalue weighted by Crippen LogP contribution is -2.43. The van der Waals surface area contributed by atoms with Crippen LogP contribution >= 0.6 is 0 Å². The second-order valence-corrected chi connectivity index (χ2v) is 7.22. The number of amidine groups is 1. The minimum absolute atomic E-state index is 0.0132. The van der Waals surface area contributed by atoms with E-state index in [1.807, 2.05) is 0 Å². The summed E-state index contributed by atoms with van der Waals surface area (Å²) in [7, 11) is 0. The van der Waals surface area contributed by atoms with Gasteiger partial charge in [0.05, 0.1) is 36.0 Å². The fourth-order valence-electron chi connectivity index (χ4n) is 3.52. The van der Waals surface area contributed by atoms with Crippen LogP contribution < -0.4 is 16.0 Å². The normalized spacial score (nSPS) is 16.2. The van der Waals surface area contributed by atoms with E-state index in [0.717, 1.165) is 0 Å². The van der Waals surface area contributed by atoms with E-state index in [1.165, 1.54) is 4.68 Å². The zero-order valence-electron chi connectivity index (χ0n) is 17.0. The van der Waals surface area contributed by atoms with Crippen molar-refractivity contribution in [3.8, 4) is 5.69 Å². The van der Waals surface area contributed by atoms with E-state index in [4.69, 9.17) is 15.9 Å². The Morgan fingerprint density at radius 2 is 2.06 bits per heavy atom. The van der Waals surface area contributed by atoms with Gasteiger partial charge in [-0.2, -0.15) is 5.10 Å². The van der Waals surface area contributed by atoms with Gasteiger partial charge in [0.1, 0.15) is 11.5 Å². The number of hydrogen-bond donors (Lipinski definition) is 3. The Kier molecular flexibility index (Phi) is 5.68. The molecule has 0 radical (unpaired) electrons. The molecule has 1 aromatic heterocycles. The van der Waals surface area contributed by atoms with Gasteiger partial charge >= 0.3 is 0 Å². The Hall–Kier alpha value is -3.72. The summed E-state index contributed by atoms with van der Waals surface area (Å²) in [4.78, 5) is 14.8. The van der Waals surface area contributed by atoms with E-state index >= 15 is 0 Å². The lowest BCUT2D eigenvalue weighted by atomic mass is 10.2. The fraction of sp³-hybridized carbons (Fsp3) is 0.227. The summed E-state index contributed by atoms with van der Waals surface area (Å²) in [5, 5.41) is 15.0. The SMILES string of the molecule is Cc1cc(C(=O)Nc2ccccc2N2CCOCC2F)n(-c2cccc(C(=N)N)c2)n1. The monoisotopic (exact) mass is 422 g/mol. The number of aryl methyl sites for hydroxylation is 1. The molecule has 160 valence electrons. The first kappa shape index (κ1) is 20.5. The lowest BCUT2D eigenvalue weighted by Gasteiger charge is -2.33. The largest absolute Gasteiger partial charge is 0.384 e. The highest BCUT2D eigenvalue weighted by Gasteiger charge is 2.25. The molecule has 8 nitrogen and oxygen atoms in total. The number of rotatable bonds is 5. The summed E-state index contributed by atoms with van der Waals surface area (Å²) in [6.07, 6.45) is -1.28. The molecule has 0 bridgehead atoms. The summed E-state index contributed by atoms with van der Waals surface area (Å²) >= 11 is 0. The molecule has 31 heavy (non-hydrogen) atoms. The van der Waals surface area contributed by atoms with Crippen molar-refractivity contribution in [3.63, 3.8) is 0 Å². The molecule has 1 saturated heterocycles. The van der Waals surface area contributed by atoms with Gasteiger partial charge in [0.15, 0.2) is 6.30 Å². The van der Waals surface area contributed by atoms with E-state index in [9.17, 15) is 9.18 Å². The Bertz CT molecular complexity index is 1130. The molecule has 4 rings (SSSR count). The van der Waals surface area contributed by atoms with Gasteiger partial charge in [-0.15, -0.1) is 0 Å². The number of alkyl halides is 1. The number of nitrogens with two attached hydrogens (primary N) is 1. The molecule has 1 unspecified atom stereocenters. The van der Waals surface area contributed by atoms with E-state index < -0.39 is 6.30 Å². The maximum atomic E-state index is 14.4. The summed E-state index contributed by atoms with van der Waals surface area (Å²) in [6, 6.07) is 15.7. The summed E-state index contributed by atoms with van der Waals surface area (Å²) in [5.41, 5.74) is 8.79. The molecule has 0 saturated carbocycles. The van der Waals surface area contributed by atoms with Crippen molar-refractivity contribution in [2.75, 3.05) is 30.0 Å². The highest BCUT2D eigenvalue weighted by Crippen LogP contribution is 2.29. The zero-order chi connectivity index (χ0) is 22.0. The van der Waals surface area contributed by atoms with Crippen LogP contribution in [-0.2, 0) is 4.74 Å². The predicted octanol–water partition coefficient (Wildman–Crippen LogP) is 2.85. The Labute approximate surface area is 178 Å². The van der Waals surface area contributed by atoms with Crippen LogP contribution in [0.4, 0.5) is 15.8 Å². The number of carbonyl (C=O) groups is 1. The average Bonchev–Trinajstić information content (AvgIpc) is 3.17. The standard InChI is InChI=1S/C22H23FN6O2/c1-14-11-19(29(27-14)16-6-4-5-15(12-16)21(24)25)22(30)26-17-7-2-3-8-18(17)28-9-10-31-13-20(28)23/h2-8,11-12,20H,9-10,13H2,1H3,(H3,24,25)(H,26,30). The van der Waals surface area contributed by atoms with Crippen molar-refractivity contribution in [3.05, 3.63) is 71.5 Å². The minimum atomic E-state index is -1.28. The van der Waals surface area contributed by atoms with Crippen LogP contribution in [-0.4, -0.2) is 47.6 Å². The van der Waals surface area contributed by atoms with Gasteiger partial charge in [0, 0.05) is 12.1 Å². The number of anilines is 2.